The van der Waals surface area contributed by atoms with E-state index in [9.17, 15) is 14.4 Å². The van der Waals surface area contributed by atoms with Crippen LogP contribution in [0.1, 0.15) is 51.9 Å². The number of piperazine rings is 1. The minimum atomic E-state index is -0.394. The average Bonchev–Trinajstić information content (AvgIpc) is 3.14. The summed E-state index contributed by atoms with van der Waals surface area (Å²) in [6.07, 6.45) is 2.23. The van der Waals surface area contributed by atoms with Crippen molar-refractivity contribution in [1.29, 1.82) is 0 Å². The second-order valence-electron chi connectivity index (χ2n) is 7.85. The zero-order valence-electron chi connectivity index (χ0n) is 20.2. The lowest BCUT2D eigenvalue weighted by Gasteiger charge is -2.35. The van der Waals surface area contributed by atoms with Crippen molar-refractivity contribution in [1.82, 2.24) is 9.88 Å². The number of carbonyl (C=O) groups excluding carboxylic acids is 3. The van der Waals surface area contributed by atoms with Crippen LogP contribution < -0.4 is 10.2 Å². The molecule has 3 rings (SSSR count). The Bertz CT molecular complexity index is 1010. The number of ether oxygens (including phenoxy) is 2. The fourth-order valence-electron chi connectivity index (χ4n) is 3.92. The van der Waals surface area contributed by atoms with Crippen LogP contribution in [0, 0.1) is 6.92 Å². The summed E-state index contributed by atoms with van der Waals surface area (Å²) in [4.78, 5) is 46.6. The Kier molecular flexibility index (Phi) is 9.00. The van der Waals surface area contributed by atoms with Gasteiger partial charge >= 0.3 is 11.9 Å². The molecule has 1 aliphatic rings. The molecule has 0 bridgehead atoms. The van der Waals surface area contributed by atoms with Crippen molar-refractivity contribution in [2.45, 2.75) is 34.1 Å². The number of rotatable bonds is 9. The minimum Gasteiger partial charge on any atom is -0.462 e. The molecule has 0 aromatic carbocycles. The molecule has 0 radical (unpaired) electrons. The molecular weight excluding hydrogens is 456 g/mol. The Balaban J connectivity index is 1.55. The van der Waals surface area contributed by atoms with Gasteiger partial charge in [-0.05, 0) is 44.9 Å². The van der Waals surface area contributed by atoms with Crippen molar-refractivity contribution in [3.05, 3.63) is 39.9 Å². The fraction of sp³-hybridized carbons (Fsp3) is 0.500. The van der Waals surface area contributed by atoms with Gasteiger partial charge in [-0.15, -0.1) is 11.3 Å². The van der Waals surface area contributed by atoms with Gasteiger partial charge < -0.3 is 19.7 Å². The highest BCUT2D eigenvalue weighted by molar-refractivity contribution is 7.16. The summed E-state index contributed by atoms with van der Waals surface area (Å²) in [6, 6.07) is 3.53. The van der Waals surface area contributed by atoms with Crippen LogP contribution in [0.3, 0.4) is 0 Å². The molecule has 10 heteroatoms. The molecule has 2 aromatic heterocycles. The first kappa shape index (κ1) is 25.6. The van der Waals surface area contributed by atoms with E-state index >= 15 is 0 Å². The third-order valence-electron chi connectivity index (χ3n) is 5.62. The number of hydrogen-bond acceptors (Lipinski definition) is 9. The third kappa shape index (κ3) is 6.12. The van der Waals surface area contributed by atoms with E-state index in [2.05, 4.69) is 20.1 Å². The predicted octanol–water partition coefficient (Wildman–Crippen LogP) is 3.13. The Morgan fingerprint density at radius 3 is 2.29 bits per heavy atom. The highest BCUT2D eigenvalue weighted by Gasteiger charge is 2.25. The number of amides is 1. The molecule has 1 amide bonds. The lowest BCUT2D eigenvalue weighted by Crippen LogP contribution is -2.49. The maximum Gasteiger partial charge on any atom is 0.341 e. The molecule has 0 spiro atoms. The highest BCUT2D eigenvalue weighted by Crippen LogP contribution is 2.34. The van der Waals surface area contributed by atoms with Crippen molar-refractivity contribution in [3.8, 4) is 0 Å². The summed E-state index contributed by atoms with van der Waals surface area (Å²) in [5.74, 6) is -0.137. The molecule has 34 heavy (non-hydrogen) atoms. The van der Waals surface area contributed by atoms with Gasteiger partial charge in [-0.2, -0.15) is 0 Å². The van der Waals surface area contributed by atoms with Gasteiger partial charge in [0.1, 0.15) is 10.8 Å². The van der Waals surface area contributed by atoms with Crippen molar-refractivity contribution < 1.29 is 23.9 Å². The maximum absolute atomic E-state index is 12.8. The summed E-state index contributed by atoms with van der Waals surface area (Å²) in [7, 11) is 0. The number of pyridine rings is 1. The summed E-state index contributed by atoms with van der Waals surface area (Å²) >= 11 is 1.41. The second-order valence-corrected chi connectivity index (χ2v) is 9.08. The van der Waals surface area contributed by atoms with E-state index < -0.39 is 5.97 Å². The van der Waals surface area contributed by atoms with Crippen LogP contribution in [-0.2, 0) is 20.7 Å². The van der Waals surface area contributed by atoms with Crippen LogP contribution in [0.5, 0.6) is 0 Å². The summed E-state index contributed by atoms with van der Waals surface area (Å²) in [6.45, 7) is 11.2. The molecule has 1 N–H and O–H groups in total. The van der Waals surface area contributed by atoms with Crippen LogP contribution in [-0.4, -0.2) is 73.7 Å². The molecule has 1 fully saturated rings. The summed E-state index contributed by atoms with van der Waals surface area (Å²) < 4.78 is 10.2. The monoisotopic (exact) mass is 488 g/mol. The quantitative estimate of drug-likeness (QED) is 0.538. The van der Waals surface area contributed by atoms with Gasteiger partial charge in [0.15, 0.2) is 0 Å². The number of aromatic nitrogens is 1. The average molecular weight is 489 g/mol. The van der Waals surface area contributed by atoms with Crippen LogP contribution in [0.25, 0.3) is 0 Å². The van der Waals surface area contributed by atoms with E-state index in [0.717, 1.165) is 16.3 Å². The van der Waals surface area contributed by atoms with Crippen molar-refractivity contribution in [2.75, 3.05) is 56.2 Å². The number of anilines is 2. The molecule has 1 aliphatic heterocycles. The van der Waals surface area contributed by atoms with E-state index in [1.807, 2.05) is 19.9 Å². The van der Waals surface area contributed by atoms with E-state index in [0.29, 0.717) is 55.3 Å². The first-order chi connectivity index (χ1) is 16.4. The topological polar surface area (TPSA) is 101 Å². The van der Waals surface area contributed by atoms with Crippen LogP contribution in [0.15, 0.2) is 18.3 Å². The van der Waals surface area contributed by atoms with Gasteiger partial charge in [-0.1, -0.05) is 6.92 Å². The molecule has 0 atom stereocenters. The SMILES string of the molecule is CCOC(=O)c1ccc(N2CCN(CC(=O)Nc3sc(C)c(CC)c3C(=O)OCC)CC2)nc1. The first-order valence-corrected chi connectivity index (χ1v) is 12.4. The number of aryl methyl sites for hydroxylation is 1. The normalized spacial score (nSPS) is 14.1. The Labute approximate surface area is 204 Å². The largest absolute Gasteiger partial charge is 0.462 e. The van der Waals surface area contributed by atoms with Crippen LogP contribution in [0.4, 0.5) is 10.8 Å². The van der Waals surface area contributed by atoms with E-state index in [1.165, 1.54) is 17.5 Å². The highest BCUT2D eigenvalue weighted by atomic mass is 32.1. The lowest BCUT2D eigenvalue weighted by atomic mass is 10.1. The molecule has 0 saturated carbocycles. The van der Waals surface area contributed by atoms with Gasteiger partial charge in [0, 0.05) is 37.3 Å². The Hall–Kier alpha value is -2.98. The number of nitrogens with zero attached hydrogens (tertiary/aromatic N) is 3. The Morgan fingerprint density at radius 2 is 1.71 bits per heavy atom. The smallest absolute Gasteiger partial charge is 0.341 e. The number of nitrogens with one attached hydrogen (secondary N) is 1. The summed E-state index contributed by atoms with van der Waals surface area (Å²) in [5, 5.41) is 3.49. The second kappa shape index (κ2) is 11.9. The van der Waals surface area contributed by atoms with E-state index in [1.54, 1.807) is 19.9 Å². The van der Waals surface area contributed by atoms with E-state index in [4.69, 9.17) is 9.47 Å². The number of thiophene rings is 1. The zero-order chi connectivity index (χ0) is 24.7. The van der Waals surface area contributed by atoms with Crippen molar-refractivity contribution in [3.63, 3.8) is 0 Å². The van der Waals surface area contributed by atoms with Gasteiger partial charge in [0.2, 0.25) is 5.91 Å². The zero-order valence-corrected chi connectivity index (χ0v) is 21.0. The van der Waals surface area contributed by atoms with Crippen molar-refractivity contribution >= 4 is 40.0 Å². The Morgan fingerprint density at radius 1 is 1.03 bits per heavy atom. The molecular formula is C24H32N4O5S. The van der Waals surface area contributed by atoms with Gasteiger partial charge in [-0.3, -0.25) is 9.69 Å². The number of carbonyl (C=O) groups is 3. The molecule has 3 heterocycles. The maximum atomic E-state index is 12.8. The third-order valence-corrected chi connectivity index (χ3v) is 6.68. The minimum absolute atomic E-state index is 0.153. The van der Waals surface area contributed by atoms with Crippen LogP contribution >= 0.6 is 11.3 Å². The van der Waals surface area contributed by atoms with Crippen molar-refractivity contribution in [2.24, 2.45) is 0 Å². The molecule has 2 aromatic rings. The standard InChI is InChI=1S/C24H32N4O5S/c1-5-18-16(4)34-22(21(18)24(31)33-7-3)26-20(29)15-27-10-12-28(13-11-27)19-9-8-17(14-25-19)23(30)32-6-2/h8-9,14H,5-7,10-13,15H2,1-4H3,(H,26,29). The number of esters is 2. The summed E-state index contributed by atoms with van der Waals surface area (Å²) in [5.41, 5.74) is 1.83. The van der Waals surface area contributed by atoms with Crippen LogP contribution in [0.2, 0.25) is 0 Å². The van der Waals surface area contributed by atoms with E-state index in [-0.39, 0.29) is 25.0 Å². The number of hydrogen-bond donors (Lipinski definition) is 1. The fourth-order valence-corrected chi connectivity index (χ4v) is 5.07. The lowest BCUT2D eigenvalue weighted by molar-refractivity contribution is -0.117. The molecule has 9 nitrogen and oxygen atoms in total. The van der Waals surface area contributed by atoms with Gasteiger partial charge in [-0.25, -0.2) is 14.6 Å². The van der Waals surface area contributed by atoms with Gasteiger partial charge in [0.05, 0.1) is 30.9 Å². The predicted molar refractivity (Wildman–Crippen MR) is 132 cm³/mol. The van der Waals surface area contributed by atoms with Gasteiger partial charge in [0.25, 0.3) is 0 Å². The molecule has 184 valence electrons. The molecule has 0 aliphatic carbocycles. The first-order valence-electron chi connectivity index (χ1n) is 11.6. The molecule has 0 unspecified atom stereocenters. The molecule has 1 saturated heterocycles.